The number of aromatic carboxylic acids is 1. The Labute approximate surface area is 86.2 Å². The van der Waals surface area contributed by atoms with Crippen LogP contribution in [-0.4, -0.2) is 21.0 Å². The largest absolute Gasteiger partial charge is 0.477 e. The summed E-state index contributed by atoms with van der Waals surface area (Å²) in [6.07, 6.45) is 1.44. The zero-order chi connectivity index (χ0) is 10.7. The van der Waals surface area contributed by atoms with Gasteiger partial charge in [0.15, 0.2) is 11.5 Å². The third-order valence-corrected chi connectivity index (χ3v) is 1.91. The minimum absolute atomic E-state index is 0.00357. The minimum Gasteiger partial charge on any atom is -0.477 e. The van der Waals surface area contributed by atoms with Gasteiger partial charge in [-0.1, -0.05) is 30.3 Å². The number of nitrogens with zero attached hydrogens (tertiary/aromatic N) is 2. The topological polar surface area (TPSA) is 63.1 Å². The Kier molecular flexibility index (Phi) is 2.41. The number of hydrogen-bond acceptors (Lipinski definition) is 3. The molecule has 2 rings (SSSR count). The van der Waals surface area contributed by atoms with Gasteiger partial charge in [0.2, 0.25) is 0 Å². The summed E-state index contributed by atoms with van der Waals surface area (Å²) in [5.74, 6) is -0.620. The lowest BCUT2D eigenvalue weighted by Gasteiger charge is -1.99. The van der Waals surface area contributed by atoms with Crippen molar-refractivity contribution >= 4 is 5.97 Å². The molecule has 0 atom stereocenters. The molecule has 0 fully saturated rings. The van der Waals surface area contributed by atoms with Crippen LogP contribution in [0, 0.1) is 0 Å². The number of rotatable bonds is 2. The normalized spacial score (nSPS) is 9.87. The number of carbonyl (C=O) groups is 1. The van der Waals surface area contributed by atoms with Crippen LogP contribution in [-0.2, 0) is 0 Å². The summed E-state index contributed by atoms with van der Waals surface area (Å²) < 4.78 is 0. The molecule has 0 spiro atoms. The van der Waals surface area contributed by atoms with E-state index in [1.54, 1.807) is 0 Å². The van der Waals surface area contributed by atoms with E-state index in [9.17, 15) is 4.79 Å². The molecule has 0 unspecified atom stereocenters. The molecular weight excluding hydrogens is 192 g/mol. The van der Waals surface area contributed by atoms with Crippen LogP contribution >= 0.6 is 0 Å². The van der Waals surface area contributed by atoms with Crippen LogP contribution in [0.3, 0.4) is 0 Å². The fourth-order valence-corrected chi connectivity index (χ4v) is 1.20. The molecule has 0 saturated carbocycles. The molecule has 0 bridgehead atoms. The molecule has 0 aliphatic carbocycles. The van der Waals surface area contributed by atoms with Crippen molar-refractivity contribution in [2.45, 2.75) is 0 Å². The monoisotopic (exact) mass is 200 g/mol. The van der Waals surface area contributed by atoms with Crippen molar-refractivity contribution in [1.82, 2.24) is 9.97 Å². The Morgan fingerprint density at radius 1 is 1.13 bits per heavy atom. The molecule has 1 aromatic carbocycles. The Morgan fingerprint density at radius 2 is 1.87 bits per heavy atom. The van der Waals surface area contributed by atoms with Crippen LogP contribution in [0.5, 0.6) is 0 Å². The predicted octanol–water partition coefficient (Wildman–Crippen LogP) is 1.84. The molecule has 0 radical (unpaired) electrons. The smallest absolute Gasteiger partial charge is 0.354 e. The van der Waals surface area contributed by atoms with Gasteiger partial charge in [-0.2, -0.15) is 0 Å². The zero-order valence-electron chi connectivity index (χ0n) is 7.79. The molecule has 1 aromatic heterocycles. The number of hydrogen-bond donors (Lipinski definition) is 1. The van der Waals surface area contributed by atoms with Crippen LogP contribution in [0.1, 0.15) is 10.5 Å². The fourth-order valence-electron chi connectivity index (χ4n) is 1.20. The van der Waals surface area contributed by atoms with Crippen molar-refractivity contribution in [3.05, 3.63) is 48.3 Å². The molecule has 0 saturated heterocycles. The fraction of sp³-hybridized carbons (Fsp3) is 0. The minimum atomic E-state index is -1.05. The highest BCUT2D eigenvalue weighted by molar-refractivity contribution is 5.85. The summed E-state index contributed by atoms with van der Waals surface area (Å²) in [5, 5.41) is 8.77. The molecule has 4 nitrogen and oxygen atoms in total. The maximum absolute atomic E-state index is 10.7. The van der Waals surface area contributed by atoms with Crippen molar-refractivity contribution in [2.24, 2.45) is 0 Å². The summed E-state index contributed by atoms with van der Waals surface area (Å²) >= 11 is 0. The van der Waals surface area contributed by atoms with Gasteiger partial charge in [-0.05, 0) is 6.07 Å². The highest BCUT2D eigenvalue weighted by atomic mass is 16.4. The maximum atomic E-state index is 10.7. The van der Waals surface area contributed by atoms with Crippen LogP contribution in [0.2, 0.25) is 0 Å². The van der Waals surface area contributed by atoms with Crippen molar-refractivity contribution in [3.63, 3.8) is 0 Å². The second-order valence-corrected chi connectivity index (χ2v) is 2.94. The van der Waals surface area contributed by atoms with Crippen LogP contribution < -0.4 is 0 Å². The first-order chi connectivity index (χ1) is 7.27. The molecule has 15 heavy (non-hydrogen) atoms. The van der Waals surface area contributed by atoms with E-state index in [1.807, 2.05) is 30.3 Å². The van der Waals surface area contributed by atoms with Crippen LogP contribution in [0.15, 0.2) is 42.6 Å². The third kappa shape index (κ3) is 1.99. The zero-order valence-corrected chi connectivity index (χ0v) is 7.79. The summed E-state index contributed by atoms with van der Waals surface area (Å²) in [6.45, 7) is 0. The molecule has 1 N–H and O–H groups in total. The summed E-state index contributed by atoms with van der Waals surface area (Å²) in [4.78, 5) is 18.6. The lowest BCUT2D eigenvalue weighted by atomic mass is 10.2. The number of benzene rings is 1. The third-order valence-electron chi connectivity index (χ3n) is 1.91. The number of carboxylic acid groups (broad SMARTS) is 1. The first-order valence-corrected chi connectivity index (χ1v) is 4.39. The number of aromatic nitrogens is 2. The van der Waals surface area contributed by atoms with Crippen LogP contribution in [0.4, 0.5) is 0 Å². The van der Waals surface area contributed by atoms with Gasteiger partial charge in [-0.3, -0.25) is 0 Å². The van der Waals surface area contributed by atoms with E-state index in [0.29, 0.717) is 5.82 Å². The Balaban J connectivity index is 2.46. The first-order valence-electron chi connectivity index (χ1n) is 4.39. The predicted molar refractivity (Wildman–Crippen MR) is 54.4 cm³/mol. The average Bonchev–Trinajstić information content (AvgIpc) is 2.30. The SMILES string of the molecule is O=C(O)c1ccnc(-c2ccccc2)n1. The highest BCUT2D eigenvalue weighted by Crippen LogP contribution is 2.13. The van der Waals surface area contributed by atoms with E-state index in [2.05, 4.69) is 9.97 Å². The van der Waals surface area contributed by atoms with E-state index >= 15 is 0 Å². The van der Waals surface area contributed by atoms with Gasteiger partial charge >= 0.3 is 5.97 Å². The Morgan fingerprint density at radius 3 is 2.53 bits per heavy atom. The van der Waals surface area contributed by atoms with E-state index in [4.69, 9.17) is 5.11 Å². The van der Waals surface area contributed by atoms with Gasteiger partial charge in [-0.15, -0.1) is 0 Å². The summed E-state index contributed by atoms with van der Waals surface area (Å²) in [7, 11) is 0. The second-order valence-electron chi connectivity index (χ2n) is 2.94. The summed E-state index contributed by atoms with van der Waals surface area (Å²) in [5.41, 5.74) is 0.810. The lowest BCUT2D eigenvalue weighted by Crippen LogP contribution is -2.02. The maximum Gasteiger partial charge on any atom is 0.354 e. The molecule has 2 aromatic rings. The molecule has 74 valence electrons. The van der Waals surface area contributed by atoms with Gasteiger partial charge in [0, 0.05) is 11.8 Å². The molecule has 4 heteroatoms. The quantitative estimate of drug-likeness (QED) is 0.803. The van der Waals surface area contributed by atoms with E-state index in [0.717, 1.165) is 5.56 Å². The molecule has 0 aliphatic heterocycles. The first kappa shape index (κ1) is 9.33. The van der Waals surface area contributed by atoms with E-state index in [-0.39, 0.29) is 5.69 Å². The van der Waals surface area contributed by atoms with Crippen LogP contribution in [0.25, 0.3) is 11.4 Å². The molecular formula is C11H8N2O2. The van der Waals surface area contributed by atoms with E-state index < -0.39 is 5.97 Å². The lowest BCUT2D eigenvalue weighted by molar-refractivity contribution is 0.0690. The van der Waals surface area contributed by atoms with Gasteiger partial charge in [0.25, 0.3) is 0 Å². The molecule has 1 heterocycles. The molecule has 0 amide bonds. The standard InChI is InChI=1S/C11H8N2O2/c14-11(15)9-6-7-12-10(13-9)8-4-2-1-3-5-8/h1-7H,(H,14,15). The van der Waals surface area contributed by atoms with Crippen molar-refractivity contribution in [3.8, 4) is 11.4 Å². The van der Waals surface area contributed by atoms with Gasteiger partial charge in [0.05, 0.1) is 0 Å². The Bertz CT molecular complexity index is 483. The van der Waals surface area contributed by atoms with E-state index in [1.165, 1.54) is 12.3 Å². The second kappa shape index (κ2) is 3.88. The summed E-state index contributed by atoms with van der Waals surface area (Å²) in [6, 6.07) is 10.6. The average molecular weight is 200 g/mol. The molecule has 0 aliphatic rings. The Hall–Kier alpha value is -2.23. The highest BCUT2D eigenvalue weighted by Gasteiger charge is 2.06. The van der Waals surface area contributed by atoms with Gasteiger partial charge < -0.3 is 5.11 Å². The van der Waals surface area contributed by atoms with Crippen molar-refractivity contribution in [2.75, 3.05) is 0 Å². The van der Waals surface area contributed by atoms with Crippen molar-refractivity contribution in [1.29, 1.82) is 0 Å². The van der Waals surface area contributed by atoms with Gasteiger partial charge in [-0.25, -0.2) is 14.8 Å². The number of carboxylic acids is 1. The van der Waals surface area contributed by atoms with Gasteiger partial charge in [0.1, 0.15) is 0 Å². The van der Waals surface area contributed by atoms with Crippen molar-refractivity contribution < 1.29 is 9.90 Å².